The van der Waals surface area contributed by atoms with Gasteiger partial charge in [-0.25, -0.2) is 0 Å². The Bertz CT molecular complexity index is 450. The van der Waals surface area contributed by atoms with E-state index < -0.39 is 0 Å². The molecule has 1 saturated carbocycles. The monoisotopic (exact) mass is 332 g/mol. The Morgan fingerprint density at radius 2 is 2.08 bits per heavy atom. The van der Waals surface area contributed by atoms with E-state index in [0.717, 1.165) is 38.7 Å². The number of benzene rings is 1. The van der Waals surface area contributed by atoms with Gasteiger partial charge in [0.15, 0.2) is 0 Å². The minimum atomic E-state index is 0.413. The zero-order valence-electron chi connectivity index (χ0n) is 15.9. The third-order valence-corrected chi connectivity index (χ3v) is 5.42. The molecule has 0 spiro atoms. The van der Waals surface area contributed by atoms with Crippen LogP contribution in [-0.4, -0.2) is 44.8 Å². The van der Waals surface area contributed by atoms with Crippen LogP contribution in [0.2, 0.25) is 0 Å². The van der Waals surface area contributed by atoms with Crippen LogP contribution in [0, 0.1) is 11.3 Å². The summed E-state index contributed by atoms with van der Waals surface area (Å²) < 4.78 is 5.19. The lowest BCUT2D eigenvalue weighted by Crippen LogP contribution is -2.47. The summed E-state index contributed by atoms with van der Waals surface area (Å²) in [6.45, 7) is 11.0. The van der Waals surface area contributed by atoms with E-state index in [0.29, 0.717) is 5.41 Å². The third kappa shape index (κ3) is 6.19. The number of rotatable bonds is 10. The van der Waals surface area contributed by atoms with Crippen molar-refractivity contribution in [1.82, 2.24) is 10.2 Å². The Kier molecular flexibility index (Phi) is 8.23. The highest BCUT2D eigenvalue weighted by molar-refractivity contribution is 5.14. The van der Waals surface area contributed by atoms with Gasteiger partial charge in [0.1, 0.15) is 0 Å². The first-order valence-corrected chi connectivity index (χ1v) is 9.63. The second kappa shape index (κ2) is 10.2. The summed E-state index contributed by atoms with van der Waals surface area (Å²) in [5.41, 5.74) is 1.83. The van der Waals surface area contributed by atoms with Gasteiger partial charge >= 0.3 is 0 Å². The first kappa shape index (κ1) is 19.4. The van der Waals surface area contributed by atoms with Crippen LogP contribution in [0.15, 0.2) is 30.3 Å². The molecule has 0 saturated heterocycles. The average molecular weight is 333 g/mol. The molecule has 2 atom stereocenters. The summed E-state index contributed by atoms with van der Waals surface area (Å²) in [4.78, 5) is 2.63. The molecule has 0 aliphatic heterocycles. The molecular weight excluding hydrogens is 296 g/mol. The maximum Gasteiger partial charge on any atom is 0.0587 e. The fraction of sp³-hybridized carbons (Fsp3) is 0.714. The van der Waals surface area contributed by atoms with E-state index in [9.17, 15) is 0 Å². The molecule has 1 aromatic rings. The van der Waals surface area contributed by atoms with Gasteiger partial charge in [0.2, 0.25) is 0 Å². The highest BCUT2D eigenvalue weighted by atomic mass is 16.5. The Morgan fingerprint density at radius 1 is 1.29 bits per heavy atom. The molecule has 1 aliphatic rings. The predicted octanol–water partition coefficient (Wildman–Crippen LogP) is 3.94. The second-order valence-corrected chi connectivity index (χ2v) is 7.66. The standard InChI is InChI=1S/C21H36N2O/c1-4-23(16-20-10-6-5-7-11-20)18-21(17-22-13-14-24-3)12-8-9-19(2)15-21/h5-7,10-11,19,22H,4,8-9,12-18H2,1-3H3. The van der Waals surface area contributed by atoms with Crippen LogP contribution in [-0.2, 0) is 11.3 Å². The van der Waals surface area contributed by atoms with E-state index in [1.54, 1.807) is 7.11 Å². The Labute approximate surface area is 148 Å². The quantitative estimate of drug-likeness (QED) is 0.657. The van der Waals surface area contributed by atoms with Crippen LogP contribution in [0.25, 0.3) is 0 Å². The number of nitrogens with one attached hydrogen (secondary N) is 1. The minimum Gasteiger partial charge on any atom is -0.383 e. The Hall–Kier alpha value is -0.900. The van der Waals surface area contributed by atoms with Crippen molar-refractivity contribution in [2.24, 2.45) is 11.3 Å². The number of hydrogen-bond acceptors (Lipinski definition) is 3. The van der Waals surface area contributed by atoms with Crippen molar-refractivity contribution in [1.29, 1.82) is 0 Å². The molecule has 3 heteroatoms. The number of hydrogen-bond donors (Lipinski definition) is 1. The van der Waals surface area contributed by atoms with Crippen LogP contribution in [0.5, 0.6) is 0 Å². The smallest absolute Gasteiger partial charge is 0.0587 e. The van der Waals surface area contributed by atoms with E-state index in [1.807, 2.05) is 0 Å². The summed E-state index contributed by atoms with van der Waals surface area (Å²) in [5, 5.41) is 3.66. The van der Waals surface area contributed by atoms with E-state index in [2.05, 4.69) is 54.4 Å². The fourth-order valence-corrected chi connectivity index (χ4v) is 4.25. The van der Waals surface area contributed by atoms with Gasteiger partial charge in [-0.1, -0.05) is 57.0 Å². The van der Waals surface area contributed by atoms with Crippen molar-refractivity contribution in [3.05, 3.63) is 35.9 Å². The molecule has 0 radical (unpaired) electrons. The van der Waals surface area contributed by atoms with Crippen LogP contribution in [0.1, 0.15) is 45.1 Å². The molecule has 136 valence electrons. The maximum atomic E-state index is 5.19. The van der Waals surface area contributed by atoms with Gasteiger partial charge in [0, 0.05) is 33.3 Å². The molecule has 0 amide bonds. The summed E-state index contributed by atoms with van der Waals surface area (Å²) in [7, 11) is 1.78. The maximum absolute atomic E-state index is 5.19. The summed E-state index contributed by atoms with van der Waals surface area (Å²) in [6, 6.07) is 10.9. The van der Waals surface area contributed by atoms with Crippen LogP contribution in [0.4, 0.5) is 0 Å². The van der Waals surface area contributed by atoms with Crippen molar-refractivity contribution in [3.63, 3.8) is 0 Å². The molecular formula is C21H36N2O. The van der Waals surface area contributed by atoms with E-state index in [-0.39, 0.29) is 0 Å². The lowest BCUT2D eigenvalue weighted by molar-refractivity contribution is 0.0765. The Balaban J connectivity index is 1.99. The minimum absolute atomic E-state index is 0.413. The normalized spacial score (nSPS) is 24.4. The zero-order valence-corrected chi connectivity index (χ0v) is 15.9. The second-order valence-electron chi connectivity index (χ2n) is 7.66. The molecule has 1 aliphatic carbocycles. The Morgan fingerprint density at radius 3 is 2.75 bits per heavy atom. The molecule has 0 aromatic heterocycles. The summed E-state index contributed by atoms with van der Waals surface area (Å²) >= 11 is 0. The molecule has 24 heavy (non-hydrogen) atoms. The lowest BCUT2D eigenvalue weighted by Gasteiger charge is -2.43. The van der Waals surface area contributed by atoms with Crippen molar-refractivity contribution in [2.45, 2.75) is 46.1 Å². The number of ether oxygens (including phenoxy) is 1. The summed E-state index contributed by atoms with van der Waals surface area (Å²) in [6.07, 6.45) is 5.46. The van der Waals surface area contributed by atoms with Gasteiger partial charge < -0.3 is 10.1 Å². The van der Waals surface area contributed by atoms with Crippen molar-refractivity contribution in [2.75, 3.05) is 39.9 Å². The SMILES string of the molecule is CCN(Cc1ccccc1)CC1(CNCCOC)CCCC(C)C1. The van der Waals surface area contributed by atoms with Crippen molar-refractivity contribution >= 4 is 0 Å². The number of nitrogens with zero attached hydrogens (tertiary/aromatic N) is 1. The van der Waals surface area contributed by atoms with Crippen LogP contribution in [0.3, 0.4) is 0 Å². The molecule has 1 aromatic carbocycles. The van der Waals surface area contributed by atoms with Crippen molar-refractivity contribution < 1.29 is 4.74 Å². The summed E-state index contributed by atoms with van der Waals surface area (Å²) in [5.74, 6) is 0.846. The highest BCUT2D eigenvalue weighted by Crippen LogP contribution is 2.39. The van der Waals surface area contributed by atoms with E-state index in [1.165, 1.54) is 37.8 Å². The zero-order chi connectivity index (χ0) is 17.3. The van der Waals surface area contributed by atoms with Gasteiger partial charge in [0.05, 0.1) is 6.61 Å². The van der Waals surface area contributed by atoms with Gasteiger partial charge in [0.25, 0.3) is 0 Å². The average Bonchev–Trinajstić information content (AvgIpc) is 2.59. The van der Waals surface area contributed by atoms with Gasteiger partial charge in [-0.3, -0.25) is 4.90 Å². The van der Waals surface area contributed by atoms with Gasteiger partial charge in [-0.15, -0.1) is 0 Å². The molecule has 1 N–H and O–H groups in total. The topological polar surface area (TPSA) is 24.5 Å². The van der Waals surface area contributed by atoms with Crippen LogP contribution < -0.4 is 5.32 Å². The van der Waals surface area contributed by atoms with Crippen molar-refractivity contribution in [3.8, 4) is 0 Å². The molecule has 2 rings (SSSR count). The largest absolute Gasteiger partial charge is 0.383 e. The molecule has 0 bridgehead atoms. The highest BCUT2D eigenvalue weighted by Gasteiger charge is 2.35. The fourth-order valence-electron chi connectivity index (χ4n) is 4.25. The first-order chi connectivity index (χ1) is 11.7. The molecule has 3 nitrogen and oxygen atoms in total. The molecule has 1 fully saturated rings. The number of methoxy groups -OCH3 is 1. The predicted molar refractivity (Wildman–Crippen MR) is 102 cm³/mol. The van der Waals surface area contributed by atoms with Gasteiger partial charge in [-0.05, 0) is 36.3 Å². The van der Waals surface area contributed by atoms with Crippen LogP contribution >= 0.6 is 0 Å². The molecule has 0 heterocycles. The van der Waals surface area contributed by atoms with E-state index >= 15 is 0 Å². The lowest BCUT2D eigenvalue weighted by atomic mass is 9.69. The third-order valence-electron chi connectivity index (χ3n) is 5.42. The van der Waals surface area contributed by atoms with Gasteiger partial charge in [-0.2, -0.15) is 0 Å². The first-order valence-electron chi connectivity index (χ1n) is 9.63. The molecule has 2 unspecified atom stereocenters. The van der Waals surface area contributed by atoms with E-state index in [4.69, 9.17) is 4.74 Å².